The first kappa shape index (κ1) is 15.3. The Morgan fingerprint density at radius 2 is 2.05 bits per heavy atom. The van der Waals surface area contributed by atoms with Gasteiger partial charge in [0, 0.05) is 12.6 Å². The fraction of sp³-hybridized carbons (Fsp3) is 1.00. The number of piperidine rings is 1. The molecule has 1 aliphatic heterocycles. The van der Waals surface area contributed by atoms with Gasteiger partial charge < -0.3 is 5.73 Å². The summed E-state index contributed by atoms with van der Waals surface area (Å²) in [7, 11) is 0. The molecule has 2 N–H and O–H groups in total. The van der Waals surface area contributed by atoms with Crippen LogP contribution in [-0.2, 0) is 0 Å². The van der Waals surface area contributed by atoms with Crippen molar-refractivity contribution in [2.75, 3.05) is 19.6 Å². The van der Waals surface area contributed by atoms with Crippen LogP contribution in [-0.4, -0.2) is 30.6 Å². The minimum absolute atomic E-state index is 0.432. The van der Waals surface area contributed by atoms with Crippen LogP contribution in [0.3, 0.4) is 0 Å². The van der Waals surface area contributed by atoms with Crippen molar-refractivity contribution in [1.82, 2.24) is 4.90 Å². The molecule has 0 bridgehead atoms. The molecule has 112 valence electrons. The third-order valence-corrected chi connectivity index (χ3v) is 5.53. The molecule has 2 nitrogen and oxygen atoms in total. The molecule has 1 saturated carbocycles. The Morgan fingerprint density at radius 3 is 2.74 bits per heavy atom. The molecule has 3 unspecified atom stereocenters. The van der Waals surface area contributed by atoms with Gasteiger partial charge in [0.1, 0.15) is 0 Å². The molecule has 3 atom stereocenters. The van der Waals surface area contributed by atoms with Gasteiger partial charge >= 0.3 is 0 Å². The number of likely N-dealkylation sites (tertiary alicyclic amines) is 1. The molecule has 2 heteroatoms. The Bertz CT molecular complexity index is 264. The van der Waals surface area contributed by atoms with E-state index in [4.69, 9.17) is 5.73 Å². The van der Waals surface area contributed by atoms with Crippen molar-refractivity contribution in [3.8, 4) is 0 Å². The van der Waals surface area contributed by atoms with Gasteiger partial charge in [0.2, 0.25) is 0 Å². The molecular formula is C17H34N2. The van der Waals surface area contributed by atoms with Crippen molar-refractivity contribution >= 4 is 0 Å². The van der Waals surface area contributed by atoms with Crippen molar-refractivity contribution in [1.29, 1.82) is 0 Å². The van der Waals surface area contributed by atoms with Crippen LogP contribution in [0.2, 0.25) is 0 Å². The van der Waals surface area contributed by atoms with E-state index in [2.05, 4.69) is 18.7 Å². The standard InChI is InChI=1S/C17H34N2/c1-3-7-16-9-4-5-11-19(16)14-17(13-18)10-6-8-15(2)12-17/h15-16H,3-14,18H2,1-2H3. The quantitative estimate of drug-likeness (QED) is 0.820. The first-order valence-corrected chi connectivity index (χ1v) is 8.63. The summed E-state index contributed by atoms with van der Waals surface area (Å²) < 4.78 is 0. The molecule has 0 radical (unpaired) electrons. The van der Waals surface area contributed by atoms with Gasteiger partial charge in [0.05, 0.1) is 0 Å². The smallest absolute Gasteiger partial charge is 0.00954 e. The number of hydrogen-bond acceptors (Lipinski definition) is 2. The van der Waals surface area contributed by atoms with E-state index in [1.54, 1.807) is 0 Å². The normalized spacial score (nSPS) is 37.4. The van der Waals surface area contributed by atoms with Crippen molar-refractivity contribution in [2.24, 2.45) is 17.1 Å². The third-order valence-electron chi connectivity index (χ3n) is 5.53. The molecule has 2 fully saturated rings. The molecule has 19 heavy (non-hydrogen) atoms. The summed E-state index contributed by atoms with van der Waals surface area (Å²) in [4.78, 5) is 2.80. The lowest BCUT2D eigenvalue weighted by Gasteiger charge is -2.46. The lowest BCUT2D eigenvalue weighted by molar-refractivity contribution is 0.0439. The van der Waals surface area contributed by atoms with Crippen LogP contribution in [0.25, 0.3) is 0 Å². The Labute approximate surface area is 120 Å². The molecule has 1 aliphatic carbocycles. The van der Waals surface area contributed by atoms with Crippen LogP contribution in [0.1, 0.15) is 71.6 Å². The van der Waals surface area contributed by atoms with Gasteiger partial charge in [-0.15, -0.1) is 0 Å². The van der Waals surface area contributed by atoms with Crippen LogP contribution in [0.5, 0.6) is 0 Å². The molecule has 2 rings (SSSR count). The zero-order chi connectivity index (χ0) is 13.7. The molecule has 0 amide bonds. The largest absolute Gasteiger partial charge is 0.330 e. The van der Waals surface area contributed by atoms with Crippen LogP contribution in [0.4, 0.5) is 0 Å². The Balaban J connectivity index is 1.99. The second-order valence-electron chi connectivity index (χ2n) is 7.31. The molecule has 0 spiro atoms. The summed E-state index contributed by atoms with van der Waals surface area (Å²) in [5.74, 6) is 0.881. The number of rotatable bonds is 5. The van der Waals surface area contributed by atoms with Gasteiger partial charge in [-0.3, -0.25) is 4.90 Å². The number of nitrogens with zero attached hydrogens (tertiary/aromatic N) is 1. The molecule has 1 saturated heterocycles. The van der Waals surface area contributed by atoms with Crippen molar-refractivity contribution in [3.63, 3.8) is 0 Å². The topological polar surface area (TPSA) is 29.3 Å². The summed E-state index contributed by atoms with van der Waals surface area (Å²) in [5.41, 5.74) is 6.64. The summed E-state index contributed by atoms with van der Waals surface area (Å²) in [6.45, 7) is 8.24. The van der Waals surface area contributed by atoms with Crippen LogP contribution in [0, 0.1) is 11.3 Å². The van der Waals surface area contributed by atoms with Gasteiger partial charge in [0.15, 0.2) is 0 Å². The number of hydrogen-bond donors (Lipinski definition) is 1. The van der Waals surface area contributed by atoms with Crippen molar-refractivity contribution in [2.45, 2.75) is 77.7 Å². The Kier molecular flexibility index (Phi) is 5.70. The zero-order valence-corrected chi connectivity index (χ0v) is 13.2. The monoisotopic (exact) mass is 266 g/mol. The SMILES string of the molecule is CCCC1CCCCN1CC1(CN)CCCC(C)C1. The maximum Gasteiger partial charge on any atom is 0.00954 e. The van der Waals surface area contributed by atoms with Gasteiger partial charge in [-0.1, -0.05) is 39.5 Å². The maximum atomic E-state index is 6.21. The van der Waals surface area contributed by atoms with Crippen LogP contribution < -0.4 is 5.73 Å². The zero-order valence-electron chi connectivity index (χ0n) is 13.2. The van der Waals surface area contributed by atoms with E-state index in [0.29, 0.717) is 5.41 Å². The summed E-state index contributed by atoms with van der Waals surface area (Å²) >= 11 is 0. The van der Waals surface area contributed by atoms with E-state index in [1.807, 2.05) is 0 Å². The van der Waals surface area contributed by atoms with Crippen LogP contribution in [0.15, 0.2) is 0 Å². The number of nitrogens with two attached hydrogens (primary N) is 1. The fourth-order valence-corrected chi connectivity index (χ4v) is 4.52. The van der Waals surface area contributed by atoms with Crippen molar-refractivity contribution in [3.05, 3.63) is 0 Å². The highest BCUT2D eigenvalue weighted by atomic mass is 15.2. The Morgan fingerprint density at radius 1 is 1.21 bits per heavy atom. The van der Waals surface area contributed by atoms with E-state index in [-0.39, 0.29) is 0 Å². The first-order chi connectivity index (χ1) is 9.19. The van der Waals surface area contributed by atoms with E-state index in [0.717, 1.165) is 18.5 Å². The van der Waals surface area contributed by atoms with E-state index < -0.39 is 0 Å². The lowest BCUT2D eigenvalue weighted by atomic mass is 9.69. The second-order valence-corrected chi connectivity index (χ2v) is 7.31. The molecule has 0 aromatic heterocycles. The first-order valence-electron chi connectivity index (χ1n) is 8.63. The van der Waals surface area contributed by atoms with Crippen LogP contribution >= 0.6 is 0 Å². The van der Waals surface area contributed by atoms with E-state index in [1.165, 1.54) is 70.9 Å². The fourth-order valence-electron chi connectivity index (χ4n) is 4.52. The van der Waals surface area contributed by atoms with Gasteiger partial charge in [-0.05, 0) is 56.5 Å². The summed E-state index contributed by atoms with van der Waals surface area (Å²) in [5, 5.41) is 0. The third kappa shape index (κ3) is 3.95. The molecule has 2 aliphatic rings. The predicted molar refractivity (Wildman–Crippen MR) is 83.2 cm³/mol. The van der Waals surface area contributed by atoms with Gasteiger partial charge in [-0.25, -0.2) is 0 Å². The Hall–Kier alpha value is -0.0800. The average Bonchev–Trinajstić information content (AvgIpc) is 2.41. The molecule has 1 heterocycles. The van der Waals surface area contributed by atoms with E-state index in [9.17, 15) is 0 Å². The van der Waals surface area contributed by atoms with Crippen molar-refractivity contribution < 1.29 is 0 Å². The summed E-state index contributed by atoms with van der Waals surface area (Å²) in [6.07, 6.45) is 12.5. The highest BCUT2D eigenvalue weighted by Crippen LogP contribution is 2.40. The molecular weight excluding hydrogens is 232 g/mol. The van der Waals surface area contributed by atoms with Gasteiger partial charge in [0.25, 0.3) is 0 Å². The minimum atomic E-state index is 0.432. The maximum absolute atomic E-state index is 6.21. The lowest BCUT2D eigenvalue weighted by Crippen LogP contribution is -2.50. The average molecular weight is 266 g/mol. The molecule has 0 aromatic rings. The summed E-state index contributed by atoms with van der Waals surface area (Å²) in [6, 6.07) is 0.847. The van der Waals surface area contributed by atoms with E-state index >= 15 is 0 Å². The molecule has 0 aromatic carbocycles. The van der Waals surface area contributed by atoms with Gasteiger partial charge in [-0.2, -0.15) is 0 Å². The highest BCUT2D eigenvalue weighted by Gasteiger charge is 2.37. The predicted octanol–water partition coefficient (Wildman–Crippen LogP) is 3.80. The minimum Gasteiger partial charge on any atom is -0.330 e. The second kappa shape index (κ2) is 7.08. The highest BCUT2D eigenvalue weighted by molar-refractivity contribution is 4.91.